The first kappa shape index (κ1) is 18.5. The molecule has 0 spiro atoms. The van der Waals surface area contributed by atoms with Gasteiger partial charge in [-0.25, -0.2) is 4.79 Å². The molecule has 0 aliphatic rings. The normalized spacial score (nSPS) is 13.2. The lowest BCUT2D eigenvalue weighted by Crippen LogP contribution is -2.44. The molecule has 0 aliphatic heterocycles. The van der Waals surface area contributed by atoms with Crippen LogP contribution < -0.4 is 5.32 Å². The third kappa shape index (κ3) is 3.34. The summed E-state index contributed by atoms with van der Waals surface area (Å²) in [4.78, 5) is 11.5. The predicted molar refractivity (Wildman–Crippen MR) is 103 cm³/mol. The van der Waals surface area contributed by atoms with Crippen molar-refractivity contribution < 1.29 is 14.4 Å². The molecular weight excluding hydrogens is 420 g/mol. The topological polar surface area (TPSA) is 75.4 Å². The van der Waals surface area contributed by atoms with Crippen LogP contribution in [0.25, 0.3) is 11.3 Å². The first-order chi connectivity index (χ1) is 12.3. The summed E-state index contributed by atoms with van der Waals surface area (Å²) < 4.78 is 6.44. The number of amides is 1. The fourth-order valence-electron chi connectivity index (χ4n) is 2.93. The molecule has 1 aromatic heterocycles. The van der Waals surface area contributed by atoms with Gasteiger partial charge in [-0.05, 0) is 32.0 Å². The Balaban J connectivity index is 2.26. The van der Waals surface area contributed by atoms with Gasteiger partial charge in [0.1, 0.15) is 5.54 Å². The summed E-state index contributed by atoms with van der Waals surface area (Å²) in [5.41, 5.74) is 0.892. The van der Waals surface area contributed by atoms with E-state index < -0.39 is 11.6 Å². The molecule has 1 heterocycles. The van der Waals surface area contributed by atoms with E-state index in [0.717, 1.165) is 10.0 Å². The molecule has 0 bridgehead atoms. The van der Waals surface area contributed by atoms with E-state index in [-0.39, 0.29) is 0 Å². The van der Waals surface area contributed by atoms with Crippen LogP contribution in [0, 0.1) is 13.8 Å². The van der Waals surface area contributed by atoms with Gasteiger partial charge < -0.3 is 14.9 Å². The van der Waals surface area contributed by atoms with Gasteiger partial charge in [0, 0.05) is 20.6 Å². The van der Waals surface area contributed by atoms with Crippen molar-refractivity contribution in [2.24, 2.45) is 0 Å². The molecule has 1 unspecified atom stereocenters. The van der Waals surface area contributed by atoms with E-state index in [1.165, 1.54) is 0 Å². The van der Waals surface area contributed by atoms with Crippen molar-refractivity contribution in [1.82, 2.24) is 10.5 Å². The lowest BCUT2D eigenvalue weighted by molar-refractivity contribution is 0.187. The van der Waals surface area contributed by atoms with E-state index in [0.29, 0.717) is 27.6 Å². The van der Waals surface area contributed by atoms with Gasteiger partial charge in [0.2, 0.25) is 0 Å². The van der Waals surface area contributed by atoms with Crippen LogP contribution in [0.1, 0.15) is 16.8 Å². The number of hydrogen-bond donors (Lipinski definition) is 2. The quantitative estimate of drug-likeness (QED) is 0.575. The second-order valence-electron chi connectivity index (χ2n) is 5.79. The van der Waals surface area contributed by atoms with E-state index in [1.807, 2.05) is 24.3 Å². The highest BCUT2D eigenvalue weighted by Crippen LogP contribution is 2.41. The maximum atomic E-state index is 11.5. The molecule has 26 heavy (non-hydrogen) atoms. The molecule has 2 aromatic carbocycles. The standard InChI is InChI=1S/C19H15BrClN2O3/c1-11-16(17(26-23-11)12-7-9-13(20)10-8-12)19(2,22-18(24)25)14-5-3-4-6-15(14)21/h3-10,22H,2H2,1H3,(H,24,25). The van der Waals surface area contributed by atoms with Crippen molar-refractivity contribution in [3.8, 4) is 11.3 Å². The van der Waals surface area contributed by atoms with Gasteiger partial charge in [-0.1, -0.05) is 63.0 Å². The van der Waals surface area contributed by atoms with Crippen LogP contribution in [0.5, 0.6) is 0 Å². The number of nitrogens with zero attached hydrogens (tertiary/aromatic N) is 1. The Hall–Kier alpha value is -2.31. The maximum absolute atomic E-state index is 11.5. The number of hydrogen-bond acceptors (Lipinski definition) is 3. The third-order valence-corrected chi connectivity index (χ3v) is 4.91. The van der Waals surface area contributed by atoms with Crippen LogP contribution in [0.3, 0.4) is 0 Å². The average Bonchev–Trinajstić information content (AvgIpc) is 2.97. The Bertz CT molecular complexity index is 956. The summed E-state index contributed by atoms with van der Waals surface area (Å²) in [5.74, 6) is 0.429. The van der Waals surface area contributed by atoms with Gasteiger partial charge in [-0.3, -0.25) is 0 Å². The zero-order chi connectivity index (χ0) is 18.9. The molecule has 0 fully saturated rings. The van der Waals surface area contributed by atoms with Gasteiger partial charge in [-0.2, -0.15) is 0 Å². The second-order valence-corrected chi connectivity index (χ2v) is 7.12. The Labute approximate surface area is 164 Å². The number of aromatic nitrogens is 1. The molecule has 1 amide bonds. The minimum absolute atomic E-state index is 0.388. The number of rotatable bonds is 4. The summed E-state index contributed by atoms with van der Waals surface area (Å²) in [7, 11) is 0. The molecule has 0 aliphatic carbocycles. The zero-order valence-corrected chi connectivity index (χ0v) is 16.1. The van der Waals surface area contributed by atoms with Crippen molar-refractivity contribution in [3.63, 3.8) is 0 Å². The summed E-state index contributed by atoms with van der Waals surface area (Å²) in [6.07, 6.45) is -1.23. The number of aryl methyl sites for hydroxylation is 1. The van der Waals surface area contributed by atoms with Crippen LogP contribution in [0.4, 0.5) is 4.79 Å². The molecule has 5 nitrogen and oxygen atoms in total. The fraction of sp³-hybridized carbons (Fsp3) is 0.105. The van der Waals surface area contributed by atoms with Crippen LogP contribution in [0.2, 0.25) is 5.02 Å². The van der Waals surface area contributed by atoms with Gasteiger partial charge in [0.25, 0.3) is 0 Å². The van der Waals surface area contributed by atoms with E-state index in [4.69, 9.17) is 16.1 Å². The molecule has 3 aromatic rings. The number of halogens is 2. The Morgan fingerprint density at radius 3 is 2.54 bits per heavy atom. The molecule has 133 valence electrons. The molecule has 3 rings (SSSR count). The van der Waals surface area contributed by atoms with Crippen molar-refractivity contribution >= 4 is 33.6 Å². The smallest absolute Gasteiger partial charge is 0.405 e. The monoisotopic (exact) mass is 433 g/mol. The van der Waals surface area contributed by atoms with Crippen LogP contribution in [0.15, 0.2) is 57.5 Å². The Kier molecular flexibility index (Phi) is 5.07. The summed E-state index contributed by atoms with van der Waals surface area (Å²) >= 11 is 9.74. The minimum atomic E-state index is -1.39. The van der Waals surface area contributed by atoms with Gasteiger partial charge in [0.15, 0.2) is 5.76 Å². The van der Waals surface area contributed by atoms with E-state index in [2.05, 4.69) is 33.3 Å². The molecule has 0 saturated carbocycles. The van der Waals surface area contributed by atoms with Crippen molar-refractivity contribution in [2.75, 3.05) is 0 Å². The van der Waals surface area contributed by atoms with E-state index >= 15 is 0 Å². The largest absolute Gasteiger partial charge is 0.465 e. The first-order valence-electron chi connectivity index (χ1n) is 7.67. The minimum Gasteiger partial charge on any atom is -0.465 e. The first-order valence-corrected chi connectivity index (χ1v) is 8.84. The van der Waals surface area contributed by atoms with Crippen molar-refractivity contribution in [2.45, 2.75) is 12.5 Å². The number of carboxylic acid groups (broad SMARTS) is 1. The van der Waals surface area contributed by atoms with E-state index in [9.17, 15) is 9.90 Å². The SMILES string of the molecule is [CH2]C(NC(=O)O)(c1ccccc1Cl)c1c(C)noc1-c1ccc(Br)cc1. The van der Waals surface area contributed by atoms with Crippen LogP contribution in [-0.2, 0) is 5.54 Å². The highest BCUT2D eigenvalue weighted by Gasteiger charge is 2.39. The van der Waals surface area contributed by atoms with Gasteiger partial charge in [-0.15, -0.1) is 0 Å². The lowest BCUT2D eigenvalue weighted by Gasteiger charge is -2.31. The fourth-order valence-corrected chi connectivity index (χ4v) is 3.49. The lowest BCUT2D eigenvalue weighted by atomic mass is 9.82. The highest BCUT2D eigenvalue weighted by molar-refractivity contribution is 9.10. The van der Waals surface area contributed by atoms with Crippen molar-refractivity contribution in [1.29, 1.82) is 0 Å². The van der Waals surface area contributed by atoms with Crippen LogP contribution >= 0.6 is 27.5 Å². The second kappa shape index (κ2) is 7.13. The van der Waals surface area contributed by atoms with Gasteiger partial charge >= 0.3 is 6.09 Å². The summed E-state index contributed by atoms with van der Waals surface area (Å²) in [6, 6.07) is 14.4. The maximum Gasteiger partial charge on any atom is 0.405 e. The Morgan fingerprint density at radius 1 is 1.27 bits per heavy atom. The molecule has 2 N–H and O–H groups in total. The molecule has 7 heteroatoms. The van der Waals surface area contributed by atoms with Gasteiger partial charge in [0.05, 0.1) is 11.3 Å². The summed E-state index contributed by atoms with van der Waals surface area (Å²) in [6.45, 7) is 5.90. The van der Waals surface area contributed by atoms with Crippen LogP contribution in [-0.4, -0.2) is 16.4 Å². The van der Waals surface area contributed by atoms with E-state index in [1.54, 1.807) is 31.2 Å². The average molecular weight is 435 g/mol. The Morgan fingerprint density at radius 2 is 1.92 bits per heavy atom. The number of carbonyl (C=O) groups is 1. The summed E-state index contributed by atoms with van der Waals surface area (Å²) in [5, 5.41) is 16.4. The third-order valence-electron chi connectivity index (χ3n) is 4.05. The van der Waals surface area contributed by atoms with Crippen molar-refractivity contribution in [3.05, 3.63) is 81.8 Å². The molecule has 1 atom stereocenters. The molecular formula is C19H15BrClN2O3. The number of nitrogens with one attached hydrogen (secondary N) is 1. The highest BCUT2D eigenvalue weighted by atomic mass is 79.9. The zero-order valence-electron chi connectivity index (χ0n) is 13.8. The molecule has 0 saturated heterocycles. The number of benzene rings is 2. The molecule has 1 radical (unpaired) electrons. The predicted octanol–water partition coefficient (Wildman–Crippen LogP) is 5.41.